The van der Waals surface area contributed by atoms with E-state index >= 15 is 0 Å². The highest BCUT2D eigenvalue weighted by molar-refractivity contribution is 6.45. The number of nitrogens with two attached hydrogens (primary N) is 1. The quantitative estimate of drug-likeness (QED) is 0.524. The highest BCUT2D eigenvalue weighted by atomic mass is 16.2. The monoisotopic (exact) mass is 398 g/mol. The summed E-state index contributed by atoms with van der Waals surface area (Å²) >= 11 is 0. The third-order valence-corrected chi connectivity index (χ3v) is 5.72. The number of aromatic nitrogens is 2. The molecule has 4 aromatic rings. The molecule has 2 aromatic carbocycles. The van der Waals surface area contributed by atoms with E-state index in [0.29, 0.717) is 17.8 Å². The third kappa shape index (κ3) is 2.69. The van der Waals surface area contributed by atoms with Crippen molar-refractivity contribution in [3.05, 3.63) is 72.6 Å². The van der Waals surface area contributed by atoms with Crippen molar-refractivity contribution in [2.45, 2.75) is 13.0 Å². The highest BCUT2D eigenvalue weighted by Gasteiger charge is 2.36. The first kappa shape index (κ1) is 18.4. The summed E-state index contributed by atoms with van der Waals surface area (Å²) in [5.41, 5.74) is 9.51. The minimum Gasteiger partial charge on any atom is -0.350 e. The lowest BCUT2D eigenvalue weighted by Gasteiger charge is -2.13. The fourth-order valence-corrected chi connectivity index (χ4v) is 4.30. The van der Waals surface area contributed by atoms with Gasteiger partial charge in [0.15, 0.2) is 0 Å². The molecule has 3 heterocycles. The molecule has 30 heavy (non-hydrogen) atoms. The number of imide groups is 1. The molecule has 2 amide bonds. The zero-order chi connectivity index (χ0) is 20.8. The number of amides is 2. The molecule has 0 unspecified atom stereocenters. The van der Waals surface area contributed by atoms with Crippen LogP contribution >= 0.6 is 0 Å². The van der Waals surface area contributed by atoms with Crippen LogP contribution in [0.2, 0.25) is 0 Å². The normalized spacial score (nSPS) is 14.3. The summed E-state index contributed by atoms with van der Waals surface area (Å²) < 4.78 is 4.04. The van der Waals surface area contributed by atoms with Gasteiger partial charge in [-0.3, -0.25) is 9.59 Å². The first-order valence-electron chi connectivity index (χ1n) is 10.0. The van der Waals surface area contributed by atoms with E-state index in [9.17, 15) is 9.59 Å². The SMILES string of the molecule is Cn1cc(C2=CC(=O)N(c3cn(CCCN)c4ccccc34)C2=O)c2ccccc21. The fourth-order valence-electron chi connectivity index (χ4n) is 4.30. The van der Waals surface area contributed by atoms with Crippen LogP contribution in [0.15, 0.2) is 67.0 Å². The zero-order valence-electron chi connectivity index (χ0n) is 16.7. The smallest absolute Gasteiger partial charge is 0.266 e. The number of carbonyl (C=O) groups excluding carboxylic acids is 2. The first-order valence-corrected chi connectivity index (χ1v) is 10.0. The number of carbonyl (C=O) groups is 2. The van der Waals surface area contributed by atoms with Gasteiger partial charge in [0.2, 0.25) is 0 Å². The maximum Gasteiger partial charge on any atom is 0.266 e. The molecule has 0 saturated carbocycles. The van der Waals surface area contributed by atoms with E-state index in [2.05, 4.69) is 4.57 Å². The Hall–Kier alpha value is -3.64. The lowest BCUT2D eigenvalue weighted by molar-refractivity contribution is -0.119. The van der Waals surface area contributed by atoms with Crippen molar-refractivity contribution in [1.82, 2.24) is 9.13 Å². The Morgan fingerprint density at radius 2 is 1.60 bits per heavy atom. The largest absolute Gasteiger partial charge is 0.350 e. The average molecular weight is 398 g/mol. The van der Waals surface area contributed by atoms with Crippen LogP contribution in [0, 0.1) is 0 Å². The number of rotatable bonds is 5. The minimum atomic E-state index is -0.315. The second kappa shape index (κ2) is 7.00. The molecule has 6 nitrogen and oxygen atoms in total. The molecule has 0 aliphatic carbocycles. The second-order valence-electron chi connectivity index (χ2n) is 7.57. The molecular weight excluding hydrogens is 376 g/mol. The van der Waals surface area contributed by atoms with E-state index < -0.39 is 0 Å². The van der Waals surface area contributed by atoms with Crippen molar-refractivity contribution in [1.29, 1.82) is 0 Å². The summed E-state index contributed by atoms with van der Waals surface area (Å²) in [4.78, 5) is 27.7. The van der Waals surface area contributed by atoms with Gasteiger partial charge in [-0.05, 0) is 25.1 Å². The summed E-state index contributed by atoms with van der Waals surface area (Å²) in [7, 11) is 1.94. The van der Waals surface area contributed by atoms with Gasteiger partial charge in [-0.2, -0.15) is 0 Å². The third-order valence-electron chi connectivity index (χ3n) is 5.72. The van der Waals surface area contributed by atoms with Crippen LogP contribution in [0.1, 0.15) is 12.0 Å². The van der Waals surface area contributed by atoms with Gasteiger partial charge in [0.05, 0.1) is 16.8 Å². The van der Waals surface area contributed by atoms with Crippen LogP contribution in [-0.2, 0) is 23.2 Å². The van der Waals surface area contributed by atoms with Crippen molar-refractivity contribution in [2.75, 3.05) is 11.4 Å². The molecule has 6 heteroatoms. The molecule has 0 bridgehead atoms. The number of aryl methyl sites for hydroxylation is 2. The Balaban J connectivity index is 1.60. The number of hydrogen-bond acceptors (Lipinski definition) is 3. The van der Waals surface area contributed by atoms with Crippen LogP contribution in [-0.4, -0.2) is 27.5 Å². The van der Waals surface area contributed by atoms with Crippen LogP contribution < -0.4 is 10.6 Å². The van der Waals surface area contributed by atoms with Gasteiger partial charge in [0.1, 0.15) is 0 Å². The Morgan fingerprint density at radius 1 is 0.900 bits per heavy atom. The van der Waals surface area contributed by atoms with Crippen molar-refractivity contribution >= 4 is 44.9 Å². The average Bonchev–Trinajstić information content (AvgIpc) is 3.38. The summed E-state index contributed by atoms with van der Waals surface area (Å²) in [5, 5.41) is 1.84. The van der Waals surface area contributed by atoms with Gasteiger partial charge >= 0.3 is 0 Å². The minimum absolute atomic E-state index is 0.293. The number of para-hydroxylation sites is 2. The van der Waals surface area contributed by atoms with E-state index in [1.807, 2.05) is 72.5 Å². The van der Waals surface area contributed by atoms with E-state index in [0.717, 1.165) is 40.3 Å². The highest BCUT2D eigenvalue weighted by Crippen LogP contribution is 2.37. The van der Waals surface area contributed by atoms with Gasteiger partial charge in [-0.15, -0.1) is 0 Å². The number of hydrogen-bond donors (Lipinski definition) is 1. The Kier molecular flexibility index (Phi) is 4.29. The van der Waals surface area contributed by atoms with Crippen LogP contribution in [0.4, 0.5) is 5.69 Å². The number of fused-ring (bicyclic) bond motifs is 2. The number of anilines is 1. The van der Waals surface area contributed by atoms with E-state index in [4.69, 9.17) is 5.73 Å². The topological polar surface area (TPSA) is 73.3 Å². The predicted octanol–water partition coefficient (Wildman–Crippen LogP) is 3.44. The molecule has 150 valence electrons. The fraction of sp³-hybridized carbons (Fsp3) is 0.167. The van der Waals surface area contributed by atoms with Crippen molar-refractivity contribution in [3.8, 4) is 0 Å². The molecule has 0 atom stereocenters. The molecule has 1 aliphatic rings. The molecule has 0 fully saturated rings. The molecule has 2 aromatic heterocycles. The number of nitrogens with zero attached hydrogens (tertiary/aromatic N) is 3. The molecular formula is C24H22N4O2. The summed E-state index contributed by atoms with van der Waals surface area (Å²) in [6.07, 6.45) is 6.07. The molecule has 1 aliphatic heterocycles. The van der Waals surface area contributed by atoms with Crippen molar-refractivity contribution in [3.63, 3.8) is 0 Å². The summed E-state index contributed by atoms with van der Waals surface area (Å²) in [5.74, 6) is -0.609. The maximum atomic E-state index is 13.4. The molecule has 0 radical (unpaired) electrons. The van der Waals surface area contributed by atoms with Crippen molar-refractivity contribution in [2.24, 2.45) is 12.8 Å². The Morgan fingerprint density at radius 3 is 2.37 bits per heavy atom. The Labute approximate surface area is 173 Å². The first-order chi connectivity index (χ1) is 14.6. The van der Waals surface area contributed by atoms with Gasteiger partial charge < -0.3 is 14.9 Å². The van der Waals surface area contributed by atoms with Gasteiger partial charge in [-0.1, -0.05) is 36.4 Å². The van der Waals surface area contributed by atoms with Gasteiger partial charge in [0, 0.05) is 53.9 Å². The maximum absolute atomic E-state index is 13.4. The Bertz CT molecular complexity index is 1340. The van der Waals surface area contributed by atoms with E-state index in [1.165, 1.54) is 11.0 Å². The molecule has 2 N–H and O–H groups in total. The lowest BCUT2D eigenvalue weighted by Crippen LogP contribution is -2.30. The van der Waals surface area contributed by atoms with E-state index in [-0.39, 0.29) is 11.8 Å². The standard InChI is InChI=1S/C24H22N4O2/c1-26-14-19(16-7-2-4-9-20(16)26)18-13-23(29)28(24(18)30)22-15-27(12-6-11-25)21-10-5-3-8-17(21)22/h2-5,7-10,13-15H,6,11-12,25H2,1H3. The number of benzene rings is 2. The van der Waals surface area contributed by atoms with Crippen LogP contribution in [0.5, 0.6) is 0 Å². The lowest BCUT2D eigenvalue weighted by atomic mass is 10.1. The zero-order valence-corrected chi connectivity index (χ0v) is 16.7. The van der Waals surface area contributed by atoms with Crippen LogP contribution in [0.25, 0.3) is 27.4 Å². The molecule has 5 rings (SSSR count). The van der Waals surface area contributed by atoms with Gasteiger partial charge in [0.25, 0.3) is 11.8 Å². The molecule has 0 spiro atoms. The molecule has 0 saturated heterocycles. The van der Waals surface area contributed by atoms with Gasteiger partial charge in [-0.25, -0.2) is 4.90 Å². The van der Waals surface area contributed by atoms with E-state index in [1.54, 1.807) is 0 Å². The summed E-state index contributed by atoms with van der Waals surface area (Å²) in [6, 6.07) is 15.7. The second-order valence-corrected chi connectivity index (χ2v) is 7.57. The summed E-state index contributed by atoms with van der Waals surface area (Å²) in [6.45, 7) is 1.31. The van der Waals surface area contributed by atoms with Crippen molar-refractivity contribution < 1.29 is 9.59 Å². The predicted molar refractivity (Wildman–Crippen MR) is 119 cm³/mol. The van der Waals surface area contributed by atoms with Crippen LogP contribution in [0.3, 0.4) is 0 Å².